The second kappa shape index (κ2) is 11.1. The van der Waals surface area contributed by atoms with Gasteiger partial charge < -0.3 is 41.2 Å². The zero-order valence-corrected chi connectivity index (χ0v) is 23.1. The third kappa shape index (κ3) is 5.11. The van der Waals surface area contributed by atoms with Crippen molar-refractivity contribution in [2.75, 3.05) is 25.8 Å². The summed E-state index contributed by atoms with van der Waals surface area (Å²) in [6.45, 7) is 1.50. The van der Waals surface area contributed by atoms with E-state index in [0.29, 0.717) is 36.0 Å². The highest BCUT2D eigenvalue weighted by atomic mass is 79.9. The third-order valence-corrected chi connectivity index (χ3v) is 6.97. The van der Waals surface area contributed by atoms with Crippen molar-refractivity contribution in [2.24, 2.45) is 0 Å². The highest BCUT2D eigenvalue weighted by molar-refractivity contribution is 6.30. The Morgan fingerprint density at radius 1 is 1.08 bits per heavy atom. The largest absolute Gasteiger partial charge is 1.00 e. The van der Waals surface area contributed by atoms with E-state index in [1.54, 1.807) is 31.4 Å². The molecular weight excluding hydrogens is 572 g/mol. The molecule has 196 valence electrons. The summed E-state index contributed by atoms with van der Waals surface area (Å²) < 4.78 is 25.3. The lowest BCUT2D eigenvalue weighted by molar-refractivity contribution is -0.686. The molecule has 2 aliphatic rings. The molecule has 2 aliphatic heterocycles. The van der Waals surface area contributed by atoms with Crippen molar-refractivity contribution in [1.82, 2.24) is 0 Å². The number of nitrogens with zero attached hydrogens (tertiary/aromatic N) is 1. The summed E-state index contributed by atoms with van der Waals surface area (Å²) in [7, 11) is 1.64. The Bertz CT molecular complexity index is 1510. The summed E-state index contributed by atoms with van der Waals surface area (Å²) in [5.74, 6) is 2.88. The predicted octanol–water partition coefficient (Wildman–Crippen LogP) is 2.54. The zero-order valence-electron chi connectivity index (χ0n) is 20.8. The summed E-state index contributed by atoms with van der Waals surface area (Å²) in [5.41, 5.74) is 4.26. The lowest BCUT2D eigenvalue weighted by Crippen LogP contribution is -3.00. The normalized spacial score (nSPS) is 12.8. The van der Waals surface area contributed by atoms with Crippen LogP contribution in [0, 0.1) is 0 Å². The fourth-order valence-corrected chi connectivity index (χ4v) is 5.00. The summed E-state index contributed by atoms with van der Waals surface area (Å²) in [4.78, 5) is 12.3. The number of halogens is 2. The number of hydrogen-bond acceptors (Lipinski definition) is 5. The van der Waals surface area contributed by atoms with Gasteiger partial charge in [0.1, 0.15) is 0 Å². The van der Waals surface area contributed by atoms with Gasteiger partial charge in [0.15, 0.2) is 35.7 Å². The lowest BCUT2D eigenvalue weighted by atomic mass is 9.95. The quantitative estimate of drug-likeness (QED) is 0.262. The lowest BCUT2D eigenvalue weighted by Gasteiger charge is -2.18. The Balaban J connectivity index is 0.00000294. The Labute approximate surface area is 236 Å². The number of carbonyl (C=O) groups is 1. The van der Waals surface area contributed by atoms with E-state index in [9.17, 15) is 4.79 Å². The molecule has 1 aromatic heterocycles. The van der Waals surface area contributed by atoms with Gasteiger partial charge in [-0.25, -0.2) is 0 Å². The van der Waals surface area contributed by atoms with E-state index in [-0.39, 0.29) is 29.7 Å². The molecule has 0 aliphatic carbocycles. The molecule has 0 unspecified atom stereocenters. The van der Waals surface area contributed by atoms with E-state index in [1.165, 1.54) is 5.56 Å². The molecule has 0 saturated heterocycles. The van der Waals surface area contributed by atoms with Crippen LogP contribution in [0.2, 0.25) is 5.02 Å². The number of rotatable bonds is 7. The third-order valence-electron chi connectivity index (χ3n) is 6.72. The van der Waals surface area contributed by atoms with Crippen LogP contribution in [0.4, 0.5) is 5.69 Å². The number of nitrogens with one attached hydrogen (secondary N) is 1. The van der Waals surface area contributed by atoms with Crippen LogP contribution in [0.15, 0.2) is 60.8 Å². The molecule has 1 N–H and O–H groups in total. The first-order valence-corrected chi connectivity index (χ1v) is 12.6. The minimum Gasteiger partial charge on any atom is -1.00 e. The van der Waals surface area contributed by atoms with Gasteiger partial charge in [-0.05, 0) is 65.9 Å². The maximum Gasteiger partial charge on any atom is 0.231 e. The number of ether oxygens (including phenoxy) is 4. The molecule has 3 aromatic carbocycles. The smallest absolute Gasteiger partial charge is 0.231 e. The summed E-state index contributed by atoms with van der Waals surface area (Å²) in [6.07, 6.45) is 3.94. The highest BCUT2D eigenvalue weighted by Gasteiger charge is 2.28. The molecule has 9 heteroatoms. The molecule has 0 radical (unpaired) electrons. The number of amides is 1. The van der Waals surface area contributed by atoms with Crippen LogP contribution in [-0.2, 0) is 17.8 Å². The first-order chi connectivity index (χ1) is 18.1. The second-order valence-corrected chi connectivity index (χ2v) is 9.51. The second-order valence-electron chi connectivity index (χ2n) is 9.07. The Morgan fingerprint density at radius 2 is 1.87 bits per heavy atom. The van der Waals surface area contributed by atoms with Gasteiger partial charge in [-0.15, -0.1) is 0 Å². The maximum absolute atomic E-state index is 12.3. The summed E-state index contributed by atoms with van der Waals surface area (Å²) in [5, 5.41) is 5.53. The van der Waals surface area contributed by atoms with Crippen LogP contribution in [0.25, 0.3) is 22.0 Å². The molecule has 0 atom stereocenters. The van der Waals surface area contributed by atoms with Crippen molar-refractivity contribution < 1.29 is 45.3 Å². The van der Waals surface area contributed by atoms with E-state index < -0.39 is 0 Å². The molecule has 0 saturated carbocycles. The molecule has 38 heavy (non-hydrogen) atoms. The monoisotopic (exact) mass is 596 g/mol. The van der Waals surface area contributed by atoms with Crippen LogP contribution in [0.3, 0.4) is 0 Å². The molecular formula is C29H26BrClN2O5. The number of benzene rings is 3. The molecule has 6 rings (SSSR count). The molecule has 0 bridgehead atoms. The van der Waals surface area contributed by atoms with E-state index >= 15 is 0 Å². The first-order valence-electron chi connectivity index (χ1n) is 12.2. The minimum absolute atomic E-state index is 0. The van der Waals surface area contributed by atoms with E-state index in [2.05, 4.69) is 34.3 Å². The molecule has 4 aromatic rings. The molecule has 0 spiro atoms. The molecule has 0 fully saturated rings. The van der Waals surface area contributed by atoms with E-state index in [1.807, 2.05) is 12.1 Å². The Morgan fingerprint density at radius 3 is 2.66 bits per heavy atom. The van der Waals surface area contributed by atoms with Crippen LogP contribution >= 0.6 is 11.6 Å². The Hall–Kier alpha value is -3.49. The van der Waals surface area contributed by atoms with Gasteiger partial charge in [0, 0.05) is 29.6 Å². The number of aromatic nitrogens is 1. The topological polar surface area (TPSA) is 69.9 Å². The van der Waals surface area contributed by atoms with Crippen molar-refractivity contribution in [3.05, 3.63) is 71.4 Å². The van der Waals surface area contributed by atoms with Gasteiger partial charge in [0.25, 0.3) is 0 Å². The van der Waals surface area contributed by atoms with Crippen LogP contribution in [-0.4, -0.2) is 26.4 Å². The molecule has 3 heterocycles. The summed E-state index contributed by atoms with van der Waals surface area (Å²) >= 11 is 5.91. The number of aryl methyl sites for hydroxylation is 2. The number of carbonyl (C=O) groups excluding carboxylic acids is 1. The van der Waals surface area contributed by atoms with Gasteiger partial charge in [-0.3, -0.25) is 4.79 Å². The molecule has 1 amide bonds. The van der Waals surface area contributed by atoms with Crippen molar-refractivity contribution in [3.63, 3.8) is 0 Å². The van der Waals surface area contributed by atoms with Crippen LogP contribution in [0.5, 0.6) is 23.0 Å². The maximum atomic E-state index is 12.3. The average Bonchev–Trinajstić information content (AvgIpc) is 3.37. The zero-order chi connectivity index (χ0) is 25.4. The number of anilines is 1. The number of pyridine rings is 1. The van der Waals surface area contributed by atoms with Crippen molar-refractivity contribution in [3.8, 4) is 34.3 Å². The fourth-order valence-electron chi connectivity index (χ4n) is 4.87. The van der Waals surface area contributed by atoms with Gasteiger partial charge in [0.2, 0.25) is 18.4 Å². The van der Waals surface area contributed by atoms with Gasteiger partial charge in [-0.1, -0.05) is 11.6 Å². The van der Waals surface area contributed by atoms with Gasteiger partial charge >= 0.3 is 0 Å². The highest BCUT2D eigenvalue weighted by Crippen LogP contribution is 2.41. The van der Waals surface area contributed by atoms with Crippen molar-refractivity contribution in [2.45, 2.75) is 25.8 Å². The van der Waals surface area contributed by atoms with Crippen molar-refractivity contribution >= 4 is 34.0 Å². The van der Waals surface area contributed by atoms with Crippen molar-refractivity contribution in [1.29, 1.82) is 0 Å². The number of methoxy groups -OCH3 is 1. The first kappa shape index (κ1) is 26.1. The number of hydrogen-bond donors (Lipinski definition) is 1. The molecule has 7 nitrogen and oxygen atoms in total. The average molecular weight is 598 g/mol. The van der Waals surface area contributed by atoms with Crippen LogP contribution in [0.1, 0.15) is 18.4 Å². The Kier molecular flexibility index (Phi) is 7.63. The fraction of sp³-hybridized carbons (Fsp3) is 0.241. The standard InChI is InChI=1S/C29H25ClN2O5.BrH/c1-34-25-9-4-18-13-24-22-15-27-26(36-17-37-27)14-19(22)10-11-32(24)16-23(18)29(25)35-12-2-3-28(33)31-21-7-5-20(30)6-8-21;/h4-9,13-16H,2-3,10-12,17H2,1H3;1H. The predicted molar refractivity (Wildman–Crippen MR) is 141 cm³/mol. The van der Waals surface area contributed by atoms with Gasteiger partial charge in [-0.2, -0.15) is 4.57 Å². The number of fused-ring (bicyclic) bond motifs is 5. The minimum atomic E-state index is -0.0695. The SMILES string of the molecule is COc1ccc2cc3[n+](cc2c1OCCCC(=O)Nc1ccc(Cl)cc1)CCc1cc2c(cc1-3)OCO2.[Br-]. The van der Waals surface area contributed by atoms with E-state index in [4.69, 9.17) is 30.5 Å². The summed E-state index contributed by atoms with van der Waals surface area (Å²) in [6, 6.07) is 17.4. The van der Waals surface area contributed by atoms with Gasteiger partial charge in [0.05, 0.1) is 24.7 Å². The van der Waals surface area contributed by atoms with Crippen LogP contribution < -0.4 is 45.8 Å². The van der Waals surface area contributed by atoms with E-state index in [0.717, 1.165) is 52.2 Å².